The lowest BCUT2D eigenvalue weighted by molar-refractivity contribution is -0.121. The number of rotatable bonds is 11. The van der Waals surface area contributed by atoms with E-state index in [0.717, 1.165) is 18.7 Å². The Morgan fingerprint density at radius 3 is 2.64 bits per heavy atom. The molecule has 148 valence electrons. The molecule has 0 saturated heterocycles. The van der Waals surface area contributed by atoms with E-state index in [2.05, 4.69) is 54.6 Å². The van der Waals surface area contributed by atoms with Crippen molar-refractivity contribution in [3.05, 3.63) is 65.2 Å². The van der Waals surface area contributed by atoms with Gasteiger partial charge in [-0.1, -0.05) is 42.3 Å². The van der Waals surface area contributed by atoms with Gasteiger partial charge in [0.25, 0.3) is 0 Å². The number of ether oxygens (including phenoxy) is 1. The van der Waals surface area contributed by atoms with E-state index in [1.54, 1.807) is 0 Å². The van der Waals surface area contributed by atoms with E-state index < -0.39 is 0 Å². The van der Waals surface area contributed by atoms with Crippen LogP contribution in [-0.2, 0) is 11.2 Å². The number of nitrogens with one attached hydrogen (secondary N) is 1. The monoisotopic (exact) mass is 378 g/mol. The summed E-state index contributed by atoms with van der Waals surface area (Å²) < 4.78 is 5.75. The summed E-state index contributed by atoms with van der Waals surface area (Å²) in [6.45, 7) is 4.62. The summed E-state index contributed by atoms with van der Waals surface area (Å²) in [7, 11) is 1.94. The molecule has 0 bridgehead atoms. The van der Waals surface area contributed by atoms with Crippen LogP contribution in [0.3, 0.4) is 0 Å². The molecule has 0 saturated carbocycles. The number of carbonyl (C=O) groups excluding carboxylic acids is 1. The zero-order valence-corrected chi connectivity index (χ0v) is 16.9. The zero-order valence-electron chi connectivity index (χ0n) is 16.9. The molecule has 0 aromatic heterocycles. The van der Waals surface area contributed by atoms with Crippen molar-refractivity contribution in [2.45, 2.75) is 26.2 Å². The molecule has 0 aliphatic carbocycles. The van der Waals surface area contributed by atoms with Crippen molar-refractivity contribution in [2.75, 3.05) is 33.3 Å². The smallest absolute Gasteiger partial charge is 0.220 e. The predicted molar refractivity (Wildman–Crippen MR) is 114 cm³/mol. The molecule has 4 heteroatoms. The number of hydrogen-bond donors (Lipinski definition) is 1. The second-order valence-electron chi connectivity index (χ2n) is 6.99. The van der Waals surface area contributed by atoms with E-state index in [1.807, 2.05) is 24.1 Å². The Morgan fingerprint density at radius 1 is 1.18 bits per heavy atom. The lowest BCUT2D eigenvalue weighted by Gasteiger charge is -2.13. The van der Waals surface area contributed by atoms with Gasteiger partial charge < -0.3 is 10.1 Å². The van der Waals surface area contributed by atoms with E-state index >= 15 is 0 Å². The van der Waals surface area contributed by atoms with Crippen LogP contribution in [0.2, 0.25) is 0 Å². The van der Waals surface area contributed by atoms with E-state index in [0.29, 0.717) is 32.5 Å². The predicted octanol–water partition coefficient (Wildman–Crippen LogP) is 3.43. The molecule has 0 atom stereocenters. The van der Waals surface area contributed by atoms with E-state index in [-0.39, 0.29) is 5.91 Å². The fraction of sp³-hybridized carbons (Fsp3) is 0.375. The molecular formula is C24H30N2O2. The van der Waals surface area contributed by atoms with Crippen molar-refractivity contribution in [2.24, 2.45) is 0 Å². The van der Waals surface area contributed by atoms with Crippen molar-refractivity contribution in [1.29, 1.82) is 0 Å². The first-order valence-electron chi connectivity index (χ1n) is 9.73. The molecular weight excluding hydrogens is 348 g/mol. The average molecular weight is 379 g/mol. The second kappa shape index (κ2) is 11.8. The highest BCUT2D eigenvalue weighted by Crippen LogP contribution is 2.17. The summed E-state index contributed by atoms with van der Waals surface area (Å²) in [5.74, 6) is 3.46. The Morgan fingerprint density at radius 2 is 1.93 bits per heavy atom. The first kappa shape index (κ1) is 21.5. The van der Waals surface area contributed by atoms with Gasteiger partial charge >= 0.3 is 0 Å². The Balaban J connectivity index is 1.63. The highest BCUT2D eigenvalue weighted by Gasteiger charge is 2.03. The number of terminal acetylenes is 1. The topological polar surface area (TPSA) is 41.6 Å². The van der Waals surface area contributed by atoms with Crippen LogP contribution in [0, 0.1) is 19.3 Å². The third kappa shape index (κ3) is 7.85. The summed E-state index contributed by atoms with van der Waals surface area (Å²) in [6.07, 6.45) is 7.32. The van der Waals surface area contributed by atoms with Crippen LogP contribution >= 0.6 is 0 Å². The molecule has 4 nitrogen and oxygen atoms in total. The first-order chi connectivity index (χ1) is 13.6. The van der Waals surface area contributed by atoms with Crippen LogP contribution in [0.15, 0.2) is 48.5 Å². The largest absolute Gasteiger partial charge is 0.494 e. The third-order valence-corrected chi connectivity index (χ3v) is 4.57. The number of benzene rings is 2. The molecule has 0 spiro atoms. The number of carbonyl (C=O) groups is 1. The lowest BCUT2D eigenvalue weighted by atomic mass is 10.0. The lowest BCUT2D eigenvalue weighted by Crippen LogP contribution is -2.33. The van der Waals surface area contributed by atoms with E-state index in [9.17, 15) is 4.79 Å². The van der Waals surface area contributed by atoms with Crippen molar-refractivity contribution in [1.82, 2.24) is 10.2 Å². The zero-order chi connectivity index (χ0) is 20.2. The standard InChI is InChI=1S/C24H30N2O2/c1-4-16-26(3)17-15-25-24(27)10-7-18-28-23-13-11-21(12-14-23)19-22-9-6-5-8-20(22)2/h1,5-6,8-9,11-14H,7,10,15-19H2,2-3H3,(H,25,27). The Bertz CT molecular complexity index is 778. The minimum Gasteiger partial charge on any atom is -0.494 e. The summed E-state index contributed by atoms with van der Waals surface area (Å²) in [6, 6.07) is 16.6. The minimum absolute atomic E-state index is 0.0475. The van der Waals surface area contributed by atoms with Gasteiger partial charge in [0, 0.05) is 19.5 Å². The third-order valence-electron chi connectivity index (χ3n) is 4.57. The van der Waals surface area contributed by atoms with Gasteiger partial charge in [0.2, 0.25) is 5.91 Å². The molecule has 2 rings (SSSR count). The van der Waals surface area contributed by atoms with E-state index in [4.69, 9.17) is 11.2 Å². The van der Waals surface area contributed by atoms with Crippen LogP contribution in [0.25, 0.3) is 0 Å². The molecule has 0 unspecified atom stereocenters. The molecule has 1 amide bonds. The van der Waals surface area contributed by atoms with Gasteiger partial charge in [-0.2, -0.15) is 0 Å². The molecule has 1 N–H and O–H groups in total. The van der Waals surface area contributed by atoms with Crippen LogP contribution < -0.4 is 10.1 Å². The Hall–Kier alpha value is -2.77. The van der Waals surface area contributed by atoms with Crippen molar-refractivity contribution >= 4 is 5.91 Å². The van der Waals surface area contributed by atoms with Crippen LogP contribution in [-0.4, -0.2) is 44.1 Å². The maximum Gasteiger partial charge on any atom is 0.220 e. The van der Waals surface area contributed by atoms with Crippen molar-refractivity contribution in [3.63, 3.8) is 0 Å². The van der Waals surface area contributed by atoms with Crippen LogP contribution in [0.5, 0.6) is 5.75 Å². The molecule has 0 radical (unpaired) electrons. The van der Waals surface area contributed by atoms with Crippen molar-refractivity contribution in [3.8, 4) is 18.1 Å². The Kier molecular flexibility index (Phi) is 9.10. The number of aryl methyl sites for hydroxylation is 1. The molecule has 0 fully saturated rings. The summed E-state index contributed by atoms with van der Waals surface area (Å²) in [5, 5.41) is 2.90. The van der Waals surface area contributed by atoms with Gasteiger partial charge in [0.05, 0.1) is 13.2 Å². The summed E-state index contributed by atoms with van der Waals surface area (Å²) in [5.41, 5.74) is 3.91. The number of likely N-dealkylation sites (N-methyl/N-ethyl adjacent to an activating group) is 1. The molecule has 2 aromatic carbocycles. The van der Waals surface area contributed by atoms with Crippen molar-refractivity contribution < 1.29 is 9.53 Å². The van der Waals surface area contributed by atoms with E-state index in [1.165, 1.54) is 16.7 Å². The van der Waals surface area contributed by atoms with Gasteiger partial charge in [-0.05, 0) is 55.6 Å². The van der Waals surface area contributed by atoms with Gasteiger partial charge in [-0.3, -0.25) is 9.69 Å². The molecule has 0 heterocycles. The molecule has 0 aliphatic heterocycles. The number of nitrogens with zero attached hydrogens (tertiary/aromatic N) is 1. The maximum absolute atomic E-state index is 11.8. The maximum atomic E-state index is 11.8. The quantitative estimate of drug-likeness (QED) is 0.481. The highest BCUT2D eigenvalue weighted by molar-refractivity contribution is 5.75. The van der Waals surface area contributed by atoms with Gasteiger partial charge in [0.1, 0.15) is 5.75 Å². The number of hydrogen-bond acceptors (Lipinski definition) is 3. The normalized spacial score (nSPS) is 10.5. The fourth-order valence-corrected chi connectivity index (χ4v) is 2.86. The highest BCUT2D eigenvalue weighted by atomic mass is 16.5. The van der Waals surface area contributed by atoms with Gasteiger partial charge in [-0.25, -0.2) is 0 Å². The van der Waals surface area contributed by atoms with Crippen LogP contribution in [0.4, 0.5) is 0 Å². The second-order valence-corrected chi connectivity index (χ2v) is 6.99. The summed E-state index contributed by atoms with van der Waals surface area (Å²) >= 11 is 0. The fourth-order valence-electron chi connectivity index (χ4n) is 2.86. The molecule has 28 heavy (non-hydrogen) atoms. The first-order valence-corrected chi connectivity index (χ1v) is 9.73. The average Bonchev–Trinajstić information content (AvgIpc) is 2.68. The Labute approximate surface area is 168 Å². The number of amides is 1. The van der Waals surface area contributed by atoms with Gasteiger partial charge in [0.15, 0.2) is 0 Å². The minimum atomic E-state index is 0.0475. The van der Waals surface area contributed by atoms with Gasteiger partial charge in [-0.15, -0.1) is 6.42 Å². The summed E-state index contributed by atoms with van der Waals surface area (Å²) in [4.78, 5) is 13.8. The molecule has 2 aromatic rings. The van der Waals surface area contributed by atoms with Crippen LogP contribution in [0.1, 0.15) is 29.5 Å². The SMILES string of the molecule is C#CCN(C)CCNC(=O)CCCOc1ccc(Cc2ccccc2C)cc1. The molecule has 0 aliphatic rings.